The van der Waals surface area contributed by atoms with Gasteiger partial charge in [0, 0.05) is 6.92 Å². The molecule has 4 heteroatoms. The van der Waals surface area contributed by atoms with Gasteiger partial charge in [0.2, 0.25) is 5.69 Å². The molecule has 0 saturated carbocycles. The van der Waals surface area contributed by atoms with Crippen LogP contribution in [0, 0.1) is 6.92 Å². The number of carbonyl (C=O) groups is 1. The molecule has 1 aromatic heterocycles. The minimum absolute atomic E-state index is 0.00926. The van der Waals surface area contributed by atoms with Crippen LogP contribution in [-0.4, -0.2) is 11.1 Å². The Balaban J connectivity index is 3.15. The van der Waals surface area contributed by atoms with Crippen LogP contribution in [-0.2, 0) is 6.54 Å². The van der Waals surface area contributed by atoms with Gasteiger partial charge in [0.1, 0.15) is 6.54 Å². The van der Waals surface area contributed by atoms with E-state index in [1.54, 1.807) is 11.5 Å². The Morgan fingerprint density at radius 1 is 1.82 bits per heavy atom. The molecule has 0 radical (unpaired) electrons. The van der Waals surface area contributed by atoms with Crippen molar-refractivity contribution in [2.45, 2.75) is 20.4 Å². The molecule has 0 fully saturated rings. The second-order valence-corrected chi connectivity index (χ2v) is 2.23. The minimum atomic E-state index is -1.03. The fourth-order valence-corrected chi connectivity index (χ4v) is 0.987. The molecule has 0 aromatic carbocycles. The standard InChI is InChI=1S/C7H9NO3/c1-3-8-5(2)4-11-6(8)7(9)10/h4H,3H2,1-2H3/p+1. The summed E-state index contributed by atoms with van der Waals surface area (Å²) in [4.78, 5) is 10.5. The summed E-state index contributed by atoms with van der Waals surface area (Å²) in [5, 5.41) is 8.60. The number of rotatable bonds is 2. The summed E-state index contributed by atoms with van der Waals surface area (Å²) >= 11 is 0. The third kappa shape index (κ3) is 1.24. The van der Waals surface area contributed by atoms with Crippen molar-refractivity contribution in [3.8, 4) is 0 Å². The number of aryl methyl sites for hydroxylation is 1. The zero-order valence-electron chi connectivity index (χ0n) is 6.50. The Hall–Kier alpha value is -1.32. The number of oxazole rings is 1. The van der Waals surface area contributed by atoms with Gasteiger partial charge in [0.05, 0.1) is 0 Å². The van der Waals surface area contributed by atoms with Crippen molar-refractivity contribution in [1.29, 1.82) is 0 Å². The highest BCUT2D eigenvalue weighted by Crippen LogP contribution is 1.97. The van der Waals surface area contributed by atoms with E-state index in [1.165, 1.54) is 6.26 Å². The normalized spacial score (nSPS) is 10.0. The van der Waals surface area contributed by atoms with Crippen molar-refractivity contribution >= 4 is 5.97 Å². The van der Waals surface area contributed by atoms with E-state index in [0.29, 0.717) is 6.54 Å². The van der Waals surface area contributed by atoms with Gasteiger partial charge in [0.25, 0.3) is 0 Å². The molecule has 0 saturated heterocycles. The van der Waals surface area contributed by atoms with Gasteiger partial charge in [-0.25, -0.2) is 4.79 Å². The van der Waals surface area contributed by atoms with E-state index in [0.717, 1.165) is 5.69 Å². The molecule has 1 rings (SSSR count). The molecule has 0 unspecified atom stereocenters. The second kappa shape index (κ2) is 2.74. The largest absolute Gasteiger partial charge is 0.471 e. The number of aromatic nitrogens is 1. The number of carboxylic acid groups (broad SMARTS) is 1. The Bertz CT molecular complexity index is 277. The summed E-state index contributed by atoms with van der Waals surface area (Å²) in [6.07, 6.45) is 1.44. The van der Waals surface area contributed by atoms with E-state index in [2.05, 4.69) is 0 Å². The lowest BCUT2D eigenvalue weighted by Crippen LogP contribution is -2.39. The molecule has 0 aliphatic heterocycles. The molecule has 1 aromatic rings. The molecule has 0 spiro atoms. The number of carboxylic acids is 1. The van der Waals surface area contributed by atoms with Gasteiger partial charge in [-0.3, -0.25) is 0 Å². The van der Waals surface area contributed by atoms with Crippen LogP contribution in [0.5, 0.6) is 0 Å². The molecule has 60 valence electrons. The molecular formula is C7H10NO3+. The van der Waals surface area contributed by atoms with Crippen LogP contribution in [0.1, 0.15) is 23.3 Å². The Morgan fingerprint density at radius 2 is 2.45 bits per heavy atom. The fourth-order valence-electron chi connectivity index (χ4n) is 0.987. The quantitative estimate of drug-likeness (QED) is 0.638. The van der Waals surface area contributed by atoms with Crippen LogP contribution in [0.4, 0.5) is 0 Å². The maximum atomic E-state index is 10.5. The Morgan fingerprint density at radius 3 is 2.82 bits per heavy atom. The van der Waals surface area contributed by atoms with E-state index in [1.807, 2.05) is 6.92 Å². The first-order chi connectivity index (χ1) is 5.16. The first-order valence-electron chi connectivity index (χ1n) is 3.38. The van der Waals surface area contributed by atoms with Crippen molar-refractivity contribution in [2.75, 3.05) is 0 Å². The maximum Gasteiger partial charge on any atom is 0.461 e. The summed E-state index contributed by atoms with van der Waals surface area (Å²) < 4.78 is 6.41. The average Bonchev–Trinajstić information content (AvgIpc) is 2.30. The van der Waals surface area contributed by atoms with Gasteiger partial charge >= 0.3 is 11.9 Å². The summed E-state index contributed by atoms with van der Waals surface area (Å²) in [7, 11) is 0. The molecule has 0 aliphatic rings. The van der Waals surface area contributed by atoms with Crippen LogP contribution in [0.3, 0.4) is 0 Å². The zero-order valence-corrected chi connectivity index (χ0v) is 6.50. The highest BCUT2D eigenvalue weighted by atomic mass is 16.4. The smallest absolute Gasteiger partial charge is 0.461 e. The fraction of sp³-hybridized carbons (Fsp3) is 0.429. The van der Waals surface area contributed by atoms with E-state index >= 15 is 0 Å². The lowest BCUT2D eigenvalue weighted by molar-refractivity contribution is -0.704. The molecule has 0 bridgehead atoms. The van der Waals surface area contributed by atoms with E-state index < -0.39 is 5.97 Å². The van der Waals surface area contributed by atoms with Crippen LogP contribution in [0.25, 0.3) is 0 Å². The van der Waals surface area contributed by atoms with Crippen LogP contribution < -0.4 is 4.57 Å². The average molecular weight is 156 g/mol. The second-order valence-electron chi connectivity index (χ2n) is 2.23. The van der Waals surface area contributed by atoms with Crippen LogP contribution >= 0.6 is 0 Å². The minimum Gasteiger partial charge on any atom is -0.471 e. The summed E-state index contributed by atoms with van der Waals surface area (Å²) in [5.74, 6) is -1.04. The molecule has 4 nitrogen and oxygen atoms in total. The SMILES string of the molecule is CC[n+]1c(C)coc1C(=O)O. The Labute approximate surface area is 64.1 Å². The van der Waals surface area contributed by atoms with Gasteiger partial charge in [-0.15, -0.1) is 0 Å². The predicted octanol–water partition coefficient (Wildman–Crippen LogP) is 0.594. The monoisotopic (exact) mass is 156 g/mol. The van der Waals surface area contributed by atoms with Gasteiger partial charge in [-0.05, 0) is 6.92 Å². The zero-order chi connectivity index (χ0) is 8.43. The summed E-state index contributed by atoms with van der Waals surface area (Å²) in [6.45, 7) is 4.29. The third-order valence-electron chi connectivity index (χ3n) is 1.51. The number of hydrogen-bond donors (Lipinski definition) is 1. The van der Waals surface area contributed by atoms with Crippen LogP contribution in [0.2, 0.25) is 0 Å². The third-order valence-corrected chi connectivity index (χ3v) is 1.51. The van der Waals surface area contributed by atoms with Crippen molar-refractivity contribution < 1.29 is 18.9 Å². The van der Waals surface area contributed by atoms with Crippen molar-refractivity contribution in [3.63, 3.8) is 0 Å². The molecule has 1 heterocycles. The molecule has 1 N–H and O–H groups in total. The highest BCUT2D eigenvalue weighted by molar-refractivity contribution is 5.80. The summed E-state index contributed by atoms with van der Waals surface area (Å²) in [5.41, 5.74) is 0.824. The molecule has 11 heavy (non-hydrogen) atoms. The predicted molar refractivity (Wildman–Crippen MR) is 36.3 cm³/mol. The molecule has 0 atom stereocenters. The molecular weight excluding hydrogens is 146 g/mol. The van der Waals surface area contributed by atoms with Gasteiger partial charge in [-0.1, -0.05) is 0 Å². The van der Waals surface area contributed by atoms with Crippen molar-refractivity contribution in [2.24, 2.45) is 0 Å². The summed E-state index contributed by atoms with van der Waals surface area (Å²) in [6, 6.07) is 0. The lowest BCUT2D eigenvalue weighted by Gasteiger charge is -1.87. The number of hydrogen-bond acceptors (Lipinski definition) is 2. The molecule has 0 aliphatic carbocycles. The lowest BCUT2D eigenvalue weighted by atomic mass is 10.5. The number of aromatic carboxylic acids is 1. The van der Waals surface area contributed by atoms with Gasteiger partial charge in [0.15, 0.2) is 6.26 Å². The Kier molecular flexibility index (Phi) is 1.94. The van der Waals surface area contributed by atoms with Crippen LogP contribution in [0.15, 0.2) is 10.7 Å². The van der Waals surface area contributed by atoms with E-state index in [-0.39, 0.29) is 5.89 Å². The van der Waals surface area contributed by atoms with Gasteiger partial charge < -0.3 is 9.52 Å². The van der Waals surface area contributed by atoms with Gasteiger partial charge in [-0.2, -0.15) is 4.57 Å². The number of nitrogens with zero attached hydrogens (tertiary/aromatic N) is 1. The first-order valence-corrected chi connectivity index (χ1v) is 3.38. The van der Waals surface area contributed by atoms with Crippen molar-refractivity contribution in [1.82, 2.24) is 0 Å². The highest BCUT2D eigenvalue weighted by Gasteiger charge is 2.24. The van der Waals surface area contributed by atoms with Crippen molar-refractivity contribution in [3.05, 3.63) is 17.8 Å². The van der Waals surface area contributed by atoms with E-state index in [9.17, 15) is 4.79 Å². The topological polar surface area (TPSA) is 54.3 Å². The van der Waals surface area contributed by atoms with E-state index in [4.69, 9.17) is 9.52 Å². The first kappa shape index (κ1) is 7.78. The molecule has 0 amide bonds. The maximum absolute atomic E-state index is 10.5.